The molecule has 2 atom stereocenters. The standard InChI is InChI=1S/C15H18N2O3S/c1-10-6-7-17(12(10)8-18)14(19)9-21-15-16-11-4-2-3-5-13(11)20-15/h2-5,10,12,18H,6-9H2,1H3. The van der Waals surface area contributed by atoms with Crippen LogP contribution in [0.25, 0.3) is 11.1 Å². The third kappa shape index (κ3) is 2.91. The van der Waals surface area contributed by atoms with Crippen LogP contribution in [-0.2, 0) is 4.79 Å². The Bertz CT molecular complexity index is 610. The topological polar surface area (TPSA) is 66.6 Å². The number of hydrogen-bond donors (Lipinski definition) is 1. The predicted molar refractivity (Wildman–Crippen MR) is 81.1 cm³/mol. The number of aliphatic hydroxyl groups excluding tert-OH is 1. The predicted octanol–water partition coefficient (Wildman–Crippen LogP) is 2.15. The van der Waals surface area contributed by atoms with Crippen LogP contribution in [0, 0.1) is 5.92 Å². The molecule has 0 saturated carbocycles. The monoisotopic (exact) mass is 306 g/mol. The number of para-hydroxylation sites is 2. The molecule has 5 nitrogen and oxygen atoms in total. The van der Waals surface area contributed by atoms with E-state index in [9.17, 15) is 9.90 Å². The summed E-state index contributed by atoms with van der Waals surface area (Å²) in [6.45, 7) is 2.82. The van der Waals surface area contributed by atoms with Crippen molar-refractivity contribution in [3.05, 3.63) is 24.3 Å². The highest BCUT2D eigenvalue weighted by Gasteiger charge is 2.33. The van der Waals surface area contributed by atoms with E-state index in [0.29, 0.717) is 11.1 Å². The van der Waals surface area contributed by atoms with E-state index in [1.807, 2.05) is 24.3 Å². The van der Waals surface area contributed by atoms with Crippen molar-refractivity contribution < 1.29 is 14.3 Å². The van der Waals surface area contributed by atoms with Gasteiger partial charge in [0.05, 0.1) is 18.4 Å². The van der Waals surface area contributed by atoms with Gasteiger partial charge in [0.2, 0.25) is 5.91 Å². The lowest BCUT2D eigenvalue weighted by Gasteiger charge is -2.24. The Labute approximate surface area is 127 Å². The fourth-order valence-electron chi connectivity index (χ4n) is 2.72. The van der Waals surface area contributed by atoms with Crippen LogP contribution >= 0.6 is 11.8 Å². The average molecular weight is 306 g/mol. The highest BCUT2D eigenvalue weighted by Crippen LogP contribution is 2.27. The number of likely N-dealkylation sites (tertiary alicyclic amines) is 1. The summed E-state index contributed by atoms with van der Waals surface area (Å²) in [6.07, 6.45) is 0.949. The summed E-state index contributed by atoms with van der Waals surface area (Å²) in [7, 11) is 0. The number of oxazole rings is 1. The second-order valence-corrected chi connectivity index (χ2v) is 6.27. The second kappa shape index (κ2) is 6.07. The van der Waals surface area contributed by atoms with Gasteiger partial charge in [-0.3, -0.25) is 4.79 Å². The summed E-state index contributed by atoms with van der Waals surface area (Å²) < 4.78 is 5.59. The van der Waals surface area contributed by atoms with Crippen LogP contribution in [0.5, 0.6) is 0 Å². The van der Waals surface area contributed by atoms with E-state index >= 15 is 0 Å². The first-order valence-corrected chi connectivity index (χ1v) is 8.06. The molecule has 2 unspecified atom stereocenters. The number of aliphatic hydroxyl groups is 1. The minimum atomic E-state index is -0.0540. The molecule has 0 spiro atoms. The van der Waals surface area contributed by atoms with E-state index < -0.39 is 0 Å². The first-order valence-electron chi connectivity index (χ1n) is 7.07. The maximum Gasteiger partial charge on any atom is 0.257 e. The van der Waals surface area contributed by atoms with E-state index in [4.69, 9.17) is 4.42 Å². The van der Waals surface area contributed by atoms with E-state index in [2.05, 4.69) is 11.9 Å². The van der Waals surface area contributed by atoms with Crippen molar-refractivity contribution in [2.75, 3.05) is 18.9 Å². The van der Waals surface area contributed by atoms with Gasteiger partial charge in [-0.05, 0) is 24.5 Å². The maximum absolute atomic E-state index is 12.3. The highest BCUT2D eigenvalue weighted by molar-refractivity contribution is 7.99. The molecule has 1 aliphatic rings. The molecule has 0 bridgehead atoms. The van der Waals surface area contributed by atoms with Gasteiger partial charge in [0, 0.05) is 6.54 Å². The molecule has 2 aromatic rings. The number of rotatable bonds is 4. The lowest BCUT2D eigenvalue weighted by atomic mass is 10.0. The van der Waals surface area contributed by atoms with Gasteiger partial charge >= 0.3 is 0 Å². The first-order chi connectivity index (χ1) is 10.2. The Balaban J connectivity index is 1.63. The van der Waals surface area contributed by atoms with Crippen molar-refractivity contribution in [3.63, 3.8) is 0 Å². The van der Waals surface area contributed by atoms with Crippen LogP contribution in [0.1, 0.15) is 13.3 Å². The molecule has 3 rings (SSSR count). The Morgan fingerprint density at radius 1 is 1.52 bits per heavy atom. The van der Waals surface area contributed by atoms with Crippen LogP contribution in [0.2, 0.25) is 0 Å². The third-order valence-electron chi connectivity index (χ3n) is 3.98. The zero-order valence-electron chi connectivity index (χ0n) is 11.9. The number of nitrogens with zero attached hydrogens (tertiary/aromatic N) is 2. The number of amides is 1. The van der Waals surface area contributed by atoms with Crippen molar-refractivity contribution >= 4 is 28.8 Å². The minimum absolute atomic E-state index is 0.0282. The van der Waals surface area contributed by atoms with E-state index in [1.165, 1.54) is 11.8 Å². The van der Waals surface area contributed by atoms with Gasteiger partial charge in [-0.2, -0.15) is 0 Å². The molecule has 1 aromatic heterocycles. The number of carbonyl (C=O) groups is 1. The maximum atomic E-state index is 12.3. The fraction of sp³-hybridized carbons (Fsp3) is 0.467. The van der Waals surface area contributed by atoms with Gasteiger partial charge in [0.1, 0.15) is 5.52 Å². The molecule has 0 radical (unpaired) electrons. The van der Waals surface area contributed by atoms with Crippen LogP contribution in [-0.4, -0.2) is 45.8 Å². The molecule has 1 fully saturated rings. The molecule has 1 aromatic carbocycles. The van der Waals surface area contributed by atoms with E-state index in [0.717, 1.165) is 24.1 Å². The van der Waals surface area contributed by atoms with Gasteiger partial charge in [0.15, 0.2) is 5.58 Å². The zero-order chi connectivity index (χ0) is 14.8. The number of aromatic nitrogens is 1. The lowest BCUT2D eigenvalue weighted by Crippen LogP contribution is -2.40. The Hall–Kier alpha value is -1.53. The SMILES string of the molecule is CC1CCN(C(=O)CSc2nc3ccccc3o2)C1CO. The van der Waals surface area contributed by atoms with Gasteiger partial charge in [-0.15, -0.1) is 0 Å². The normalized spacial score (nSPS) is 22.1. The molecular weight excluding hydrogens is 288 g/mol. The number of thioether (sulfide) groups is 1. The quantitative estimate of drug-likeness (QED) is 0.877. The molecular formula is C15H18N2O3S. The molecule has 1 saturated heterocycles. The Morgan fingerprint density at radius 3 is 3.10 bits per heavy atom. The zero-order valence-corrected chi connectivity index (χ0v) is 12.7. The summed E-state index contributed by atoms with van der Waals surface area (Å²) in [5.74, 6) is 0.676. The molecule has 2 heterocycles. The van der Waals surface area contributed by atoms with Crippen LogP contribution in [0.3, 0.4) is 0 Å². The average Bonchev–Trinajstić information content (AvgIpc) is 3.07. The second-order valence-electron chi connectivity index (χ2n) is 5.34. The van der Waals surface area contributed by atoms with E-state index in [1.54, 1.807) is 4.90 Å². The smallest absolute Gasteiger partial charge is 0.257 e. The number of carbonyl (C=O) groups excluding carboxylic acids is 1. The summed E-state index contributed by atoms with van der Waals surface area (Å²) in [5.41, 5.74) is 1.53. The number of benzene rings is 1. The molecule has 6 heteroatoms. The largest absolute Gasteiger partial charge is 0.431 e. The minimum Gasteiger partial charge on any atom is -0.431 e. The van der Waals surface area contributed by atoms with Crippen LogP contribution < -0.4 is 0 Å². The molecule has 0 aliphatic carbocycles. The number of hydrogen-bond acceptors (Lipinski definition) is 5. The summed E-state index contributed by atoms with van der Waals surface area (Å²) in [4.78, 5) is 18.4. The van der Waals surface area contributed by atoms with Crippen LogP contribution in [0.4, 0.5) is 0 Å². The molecule has 112 valence electrons. The highest BCUT2D eigenvalue weighted by atomic mass is 32.2. The lowest BCUT2D eigenvalue weighted by molar-refractivity contribution is -0.130. The molecule has 1 amide bonds. The summed E-state index contributed by atoms with van der Waals surface area (Å²) in [5, 5.41) is 9.92. The van der Waals surface area contributed by atoms with Crippen molar-refractivity contribution in [2.45, 2.75) is 24.6 Å². The summed E-state index contributed by atoms with van der Waals surface area (Å²) in [6, 6.07) is 7.49. The first kappa shape index (κ1) is 14.4. The number of fused-ring (bicyclic) bond motifs is 1. The Kier molecular flexibility index (Phi) is 4.17. The van der Waals surface area contributed by atoms with Gasteiger partial charge in [-0.25, -0.2) is 4.98 Å². The third-order valence-corrected chi connectivity index (χ3v) is 4.80. The van der Waals surface area contributed by atoms with Gasteiger partial charge < -0.3 is 14.4 Å². The van der Waals surface area contributed by atoms with E-state index in [-0.39, 0.29) is 24.3 Å². The molecule has 1 N–H and O–H groups in total. The molecule has 1 aliphatic heterocycles. The van der Waals surface area contributed by atoms with Gasteiger partial charge in [-0.1, -0.05) is 30.8 Å². The Morgan fingerprint density at radius 2 is 2.33 bits per heavy atom. The van der Waals surface area contributed by atoms with Crippen molar-refractivity contribution in [1.29, 1.82) is 0 Å². The van der Waals surface area contributed by atoms with Crippen LogP contribution in [0.15, 0.2) is 33.9 Å². The molecule has 21 heavy (non-hydrogen) atoms. The van der Waals surface area contributed by atoms with Crippen molar-refractivity contribution in [2.24, 2.45) is 5.92 Å². The van der Waals surface area contributed by atoms with Crippen molar-refractivity contribution in [1.82, 2.24) is 9.88 Å². The fourth-order valence-corrected chi connectivity index (χ4v) is 3.44. The summed E-state index contributed by atoms with van der Waals surface area (Å²) >= 11 is 1.30. The van der Waals surface area contributed by atoms with Gasteiger partial charge in [0.25, 0.3) is 5.22 Å². The van der Waals surface area contributed by atoms with Crippen molar-refractivity contribution in [3.8, 4) is 0 Å².